The van der Waals surface area contributed by atoms with Gasteiger partial charge in [-0.3, -0.25) is 4.79 Å². The highest BCUT2D eigenvalue weighted by Gasteiger charge is 2.27. The first-order chi connectivity index (χ1) is 16.7. The monoisotopic (exact) mass is 516 g/mol. The van der Waals surface area contributed by atoms with Gasteiger partial charge in [-0.15, -0.1) is 0 Å². The number of nitrogens with one attached hydrogen (secondary N) is 2. The van der Waals surface area contributed by atoms with Crippen LogP contribution in [-0.4, -0.2) is 40.1 Å². The topological polar surface area (TPSA) is 111 Å². The predicted octanol–water partition coefficient (Wildman–Crippen LogP) is 4.05. The summed E-state index contributed by atoms with van der Waals surface area (Å²) in [5, 5.41) is 2.83. The van der Waals surface area contributed by atoms with Gasteiger partial charge < -0.3 is 14.8 Å². The number of methoxy groups -OCH3 is 1. The molecule has 0 saturated carbocycles. The second-order valence-electron chi connectivity index (χ2n) is 7.45. The Bertz CT molecular complexity index is 1280. The highest BCUT2D eigenvalue weighted by atomic mass is 35.5. The van der Waals surface area contributed by atoms with Crippen molar-refractivity contribution in [2.24, 2.45) is 0 Å². The Hall–Kier alpha value is -3.40. The Morgan fingerprint density at radius 2 is 1.69 bits per heavy atom. The molecule has 0 heterocycles. The van der Waals surface area contributed by atoms with Crippen molar-refractivity contribution in [1.82, 2.24) is 4.72 Å². The maximum Gasteiger partial charge on any atom is 0.338 e. The molecule has 0 fully saturated rings. The highest BCUT2D eigenvalue weighted by Crippen LogP contribution is 2.27. The minimum absolute atomic E-state index is 0.104. The van der Waals surface area contributed by atoms with Crippen LogP contribution in [0.5, 0.6) is 5.75 Å². The lowest BCUT2D eigenvalue weighted by atomic mass is 10.1. The van der Waals surface area contributed by atoms with E-state index in [1.54, 1.807) is 43.3 Å². The molecule has 8 nitrogen and oxygen atoms in total. The average Bonchev–Trinajstić information content (AvgIpc) is 2.84. The third-order valence-corrected chi connectivity index (χ3v) is 6.76. The number of rotatable bonds is 10. The zero-order chi connectivity index (χ0) is 25.4. The molecule has 1 amide bonds. The second kappa shape index (κ2) is 11.8. The van der Waals surface area contributed by atoms with Crippen molar-refractivity contribution in [3.63, 3.8) is 0 Å². The van der Waals surface area contributed by atoms with E-state index >= 15 is 0 Å². The van der Waals surface area contributed by atoms with E-state index in [9.17, 15) is 18.0 Å². The number of sulfonamides is 1. The average molecular weight is 517 g/mol. The number of carbonyl (C=O) groups is 2. The van der Waals surface area contributed by atoms with Crippen LogP contribution < -0.4 is 14.8 Å². The van der Waals surface area contributed by atoms with Crippen molar-refractivity contribution in [1.29, 1.82) is 0 Å². The van der Waals surface area contributed by atoms with E-state index in [1.165, 1.54) is 37.4 Å². The summed E-state index contributed by atoms with van der Waals surface area (Å²) in [7, 11) is -2.68. The lowest BCUT2D eigenvalue weighted by Gasteiger charge is -2.19. The largest absolute Gasteiger partial charge is 0.495 e. The number of halogens is 1. The summed E-state index contributed by atoms with van der Waals surface area (Å²) < 4.78 is 38.7. The minimum atomic E-state index is -4.10. The summed E-state index contributed by atoms with van der Waals surface area (Å²) in [5.74, 6) is -0.713. The molecule has 0 bridgehead atoms. The van der Waals surface area contributed by atoms with Crippen LogP contribution in [0.15, 0.2) is 77.7 Å². The molecule has 0 saturated heterocycles. The molecule has 3 rings (SSSR count). The Kier molecular flexibility index (Phi) is 8.86. The molecule has 3 aromatic rings. The van der Waals surface area contributed by atoms with Crippen LogP contribution in [-0.2, 0) is 26.0 Å². The summed E-state index contributed by atoms with van der Waals surface area (Å²) in [4.78, 5) is 24.9. The fourth-order valence-electron chi connectivity index (χ4n) is 3.24. The molecule has 0 aliphatic rings. The van der Waals surface area contributed by atoms with Crippen molar-refractivity contribution >= 4 is 39.2 Å². The van der Waals surface area contributed by atoms with E-state index in [0.29, 0.717) is 17.0 Å². The van der Waals surface area contributed by atoms with Crippen LogP contribution in [0.2, 0.25) is 5.02 Å². The van der Waals surface area contributed by atoms with Crippen molar-refractivity contribution in [2.75, 3.05) is 19.0 Å². The van der Waals surface area contributed by atoms with Crippen LogP contribution >= 0.6 is 11.6 Å². The zero-order valence-corrected chi connectivity index (χ0v) is 20.7. The van der Waals surface area contributed by atoms with Crippen LogP contribution in [0, 0.1) is 0 Å². The molecule has 0 aliphatic carbocycles. The standard InChI is InChI=1S/C25H25ClN2O6S/c1-3-34-25(30)18-9-11-19(12-10-18)27-24(29)22(15-17-7-5-4-6-8-17)28-35(31,32)20-13-14-23(33-2)21(26)16-20/h4-14,16,22,28H,3,15H2,1-2H3,(H,27,29)/t22-/m0/s1. The smallest absolute Gasteiger partial charge is 0.338 e. The number of carbonyl (C=O) groups excluding carboxylic acids is 2. The second-order valence-corrected chi connectivity index (χ2v) is 9.57. The quantitative estimate of drug-likeness (QED) is 0.393. The van der Waals surface area contributed by atoms with Crippen molar-refractivity contribution in [2.45, 2.75) is 24.3 Å². The SMILES string of the molecule is CCOC(=O)c1ccc(NC(=O)[C@H](Cc2ccccc2)NS(=O)(=O)c2ccc(OC)c(Cl)c2)cc1. The number of anilines is 1. The van der Waals surface area contributed by atoms with E-state index in [0.717, 1.165) is 5.56 Å². The normalized spacial score (nSPS) is 12.0. The maximum absolute atomic E-state index is 13.1. The number of benzene rings is 3. The fraction of sp³-hybridized carbons (Fsp3) is 0.200. The van der Waals surface area contributed by atoms with Crippen molar-refractivity contribution in [3.8, 4) is 5.75 Å². The summed E-state index contributed by atoms with van der Waals surface area (Å²) in [6.45, 7) is 1.96. The molecular formula is C25H25ClN2O6S. The van der Waals surface area contributed by atoms with Gasteiger partial charge in [0.1, 0.15) is 11.8 Å². The lowest BCUT2D eigenvalue weighted by molar-refractivity contribution is -0.117. The number of esters is 1. The summed E-state index contributed by atoms with van der Waals surface area (Å²) in [6.07, 6.45) is 0.108. The van der Waals surface area contributed by atoms with Gasteiger partial charge in [-0.05, 0) is 61.4 Å². The molecule has 3 aromatic carbocycles. The van der Waals surface area contributed by atoms with Gasteiger partial charge in [0, 0.05) is 5.69 Å². The van der Waals surface area contributed by atoms with Gasteiger partial charge in [-0.1, -0.05) is 41.9 Å². The fourth-order valence-corrected chi connectivity index (χ4v) is 4.78. The van der Waals surface area contributed by atoms with E-state index in [1.807, 2.05) is 6.07 Å². The summed E-state index contributed by atoms with van der Waals surface area (Å²) >= 11 is 6.10. The van der Waals surface area contributed by atoms with Gasteiger partial charge in [0.2, 0.25) is 15.9 Å². The van der Waals surface area contributed by atoms with E-state index in [4.69, 9.17) is 21.1 Å². The van der Waals surface area contributed by atoms with Gasteiger partial charge >= 0.3 is 5.97 Å². The molecule has 1 atom stereocenters. The molecule has 35 heavy (non-hydrogen) atoms. The Morgan fingerprint density at radius 1 is 1.00 bits per heavy atom. The molecule has 2 N–H and O–H groups in total. The lowest BCUT2D eigenvalue weighted by Crippen LogP contribution is -2.45. The molecular weight excluding hydrogens is 492 g/mol. The molecule has 0 radical (unpaired) electrons. The molecule has 0 unspecified atom stereocenters. The van der Waals surface area contributed by atoms with E-state index in [2.05, 4.69) is 10.0 Å². The van der Waals surface area contributed by atoms with Gasteiger partial charge in [0.15, 0.2) is 0 Å². The zero-order valence-electron chi connectivity index (χ0n) is 19.2. The van der Waals surface area contributed by atoms with Crippen LogP contribution in [0.4, 0.5) is 5.69 Å². The van der Waals surface area contributed by atoms with Crippen LogP contribution in [0.1, 0.15) is 22.8 Å². The Labute approximate surface area is 209 Å². The number of ether oxygens (including phenoxy) is 2. The highest BCUT2D eigenvalue weighted by molar-refractivity contribution is 7.89. The summed E-state index contributed by atoms with van der Waals surface area (Å²) in [5.41, 5.74) is 1.50. The van der Waals surface area contributed by atoms with Gasteiger partial charge in [0.05, 0.1) is 29.2 Å². The van der Waals surface area contributed by atoms with E-state index in [-0.39, 0.29) is 22.9 Å². The minimum Gasteiger partial charge on any atom is -0.495 e. The first kappa shape index (κ1) is 26.2. The molecule has 0 spiro atoms. The molecule has 0 aliphatic heterocycles. The van der Waals surface area contributed by atoms with Gasteiger partial charge in [-0.25, -0.2) is 13.2 Å². The van der Waals surface area contributed by atoms with Crippen LogP contribution in [0.25, 0.3) is 0 Å². The number of hydrogen-bond acceptors (Lipinski definition) is 6. The first-order valence-corrected chi connectivity index (χ1v) is 12.6. The molecule has 184 valence electrons. The van der Waals surface area contributed by atoms with Crippen LogP contribution in [0.3, 0.4) is 0 Å². The van der Waals surface area contributed by atoms with Crippen molar-refractivity contribution < 1.29 is 27.5 Å². The van der Waals surface area contributed by atoms with Gasteiger partial charge in [0.25, 0.3) is 0 Å². The van der Waals surface area contributed by atoms with Crippen molar-refractivity contribution in [3.05, 3.63) is 88.9 Å². The Balaban J connectivity index is 1.83. The third kappa shape index (κ3) is 7.05. The number of amides is 1. The predicted molar refractivity (Wildman–Crippen MR) is 133 cm³/mol. The Morgan fingerprint density at radius 3 is 2.29 bits per heavy atom. The van der Waals surface area contributed by atoms with Gasteiger partial charge in [-0.2, -0.15) is 4.72 Å². The number of hydrogen-bond donors (Lipinski definition) is 2. The molecule has 0 aromatic heterocycles. The summed E-state index contributed by atoms with van der Waals surface area (Å²) in [6, 6.07) is 18.1. The third-order valence-electron chi connectivity index (χ3n) is 4.99. The molecule has 10 heteroatoms. The maximum atomic E-state index is 13.1. The first-order valence-electron chi connectivity index (χ1n) is 10.7. The van der Waals surface area contributed by atoms with E-state index < -0.39 is 27.9 Å².